The summed E-state index contributed by atoms with van der Waals surface area (Å²) < 4.78 is 0. The van der Waals surface area contributed by atoms with E-state index in [1.54, 1.807) is 0 Å². The van der Waals surface area contributed by atoms with Crippen LogP contribution >= 0.6 is 0 Å². The Bertz CT molecular complexity index is 661. The molecule has 0 saturated heterocycles. The van der Waals surface area contributed by atoms with Gasteiger partial charge < -0.3 is 0 Å². The van der Waals surface area contributed by atoms with Crippen molar-refractivity contribution >= 4 is 11.4 Å². The monoisotopic (exact) mass is 504 g/mol. The van der Waals surface area contributed by atoms with E-state index >= 15 is 0 Å². The summed E-state index contributed by atoms with van der Waals surface area (Å²) in [4.78, 5) is 9.00. The smallest absolute Gasteiger partial charge is 0.0921 e. The highest BCUT2D eigenvalue weighted by Gasteiger charge is 2.19. The zero-order valence-corrected chi connectivity index (χ0v) is 23.3. The molecule has 0 aliphatic carbocycles. The number of nitrogens with zero attached hydrogens (tertiary/aromatic N) is 6. The van der Waals surface area contributed by atoms with Crippen molar-refractivity contribution < 1.29 is 0 Å². The molecule has 36 heavy (non-hydrogen) atoms. The van der Waals surface area contributed by atoms with Gasteiger partial charge in [-0.3, -0.25) is 9.98 Å². The summed E-state index contributed by atoms with van der Waals surface area (Å²) in [5, 5.41) is 15.0. The number of hydrogen-bond acceptors (Lipinski definition) is 10. The lowest BCUT2D eigenvalue weighted by atomic mass is 9.96. The first-order valence-electron chi connectivity index (χ1n) is 13.9. The summed E-state index contributed by atoms with van der Waals surface area (Å²) in [6, 6.07) is -0.645. The minimum Gasteiger partial charge on any atom is -0.294 e. The van der Waals surface area contributed by atoms with Crippen molar-refractivity contribution in [2.24, 2.45) is 30.4 Å². The van der Waals surface area contributed by atoms with E-state index in [-0.39, 0.29) is 24.2 Å². The Morgan fingerprint density at radius 2 is 0.944 bits per heavy atom. The maximum atomic E-state index is 7.58. The topological polar surface area (TPSA) is 170 Å². The van der Waals surface area contributed by atoms with E-state index < -0.39 is 0 Å². The molecule has 0 saturated carbocycles. The van der Waals surface area contributed by atoms with Crippen LogP contribution in [0.1, 0.15) is 118 Å². The quantitative estimate of drug-likeness (QED) is 0.0528. The molecular weight excluding hydrogens is 452 g/mol. The lowest BCUT2D eigenvalue weighted by Crippen LogP contribution is -2.19. The fraction of sp³-hybridized carbons (Fsp3) is 0.923. The van der Waals surface area contributed by atoms with Crippen LogP contribution in [-0.2, 0) is 0 Å². The summed E-state index contributed by atoms with van der Waals surface area (Å²) in [5.74, 6) is 0. The van der Waals surface area contributed by atoms with Crippen LogP contribution < -0.4 is 0 Å². The first-order valence-corrected chi connectivity index (χ1v) is 13.9. The summed E-state index contributed by atoms with van der Waals surface area (Å²) >= 11 is 0. The maximum absolute atomic E-state index is 7.58. The van der Waals surface area contributed by atoms with Gasteiger partial charge >= 0.3 is 0 Å². The zero-order valence-electron chi connectivity index (χ0n) is 23.3. The van der Waals surface area contributed by atoms with Crippen molar-refractivity contribution in [3.8, 4) is 0 Å². The third kappa shape index (κ3) is 18.1. The van der Waals surface area contributed by atoms with Gasteiger partial charge in [0.05, 0.1) is 30.7 Å². The minimum absolute atomic E-state index is 0.0710. The van der Waals surface area contributed by atoms with Gasteiger partial charge in [0.15, 0.2) is 0 Å². The van der Waals surface area contributed by atoms with E-state index in [1.807, 2.05) is 13.8 Å². The van der Waals surface area contributed by atoms with Crippen molar-refractivity contribution in [2.45, 2.75) is 142 Å². The van der Waals surface area contributed by atoms with Crippen LogP contribution in [0, 0.1) is 22.1 Å². The van der Waals surface area contributed by atoms with E-state index in [0.717, 1.165) is 63.6 Å². The highest BCUT2D eigenvalue weighted by Crippen LogP contribution is 2.20. The Morgan fingerprint density at radius 3 is 1.44 bits per heavy atom. The van der Waals surface area contributed by atoms with Crippen molar-refractivity contribution in [2.75, 3.05) is 13.1 Å². The van der Waals surface area contributed by atoms with E-state index in [9.17, 15) is 0 Å². The molecule has 4 atom stereocenters. The normalized spacial score (nSPS) is 15.7. The Kier molecular flexibility index (Phi) is 21.7. The number of hydrogen-bond donors (Lipinski definition) is 4. The van der Waals surface area contributed by atoms with E-state index in [1.165, 1.54) is 25.0 Å². The summed E-state index contributed by atoms with van der Waals surface area (Å²) in [6.07, 6.45) is 13.3. The number of aliphatic imine (C=N–C) groups is 2. The average Bonchev–Trinajstić information content (AvgIpc) is 2.90. The Labute approximate surface area is 219 Å². The van der Waals surface area contributed by atoms with Crippen LogP contribution in [0.25, 0.3) is 0 Å². The van der Waals surface area contributed by atoms with Crippen molar-refractivity contribution in [1.82, 2.24) is 0 Å². The van der Waals surface area contributed by atoms with Crippen LogP contribution in [0.3, 0.4) is 0 Å². The standard InChI is InChI=1S/C26H52N10/c1-5-21(3)31-17-12-10-8-7-9-11-14-23(33-27)18-24(34-28)15-13-16-25(35-29)19-26(36-30)20-32-22(4)6-2/h23-30H,5-20H2,1-4H3. The largest absolute Gasteiger partial charge is 0.294 e. The van der Waals surface area contributed by atoms with Gasteiger partial charge in [-0.2, -0.15) is 20.5 Å². The van der Waals surface area contributed by atoms with Crippen molar-refractivity contribution in [3.63, 3.8) is 0 Å². The molecule has 4 unspecified atom stereocenters. The first kappa shape index (κ1) is 33.7. The molecule has 0 aromatic rings. The van der Waals surface area contributed by atoms with Crippen molar-refractivity contribution in [3.05, 3.63) is 0 Å². The second-order valence-electron chi connectivity index (χ2n) is 9.84. The summed E-state index contributed by atoms with van der Waals surface area (Å²) in [5.41, 5.74) is 32.4. The SMILES string of the molecule is CCC(C)=NCCCCCCCCC(CC(CCCC(CC(CN=C(C)CC)N=N)N=N)N=N)N=N. The van der Waals surface area contributed by atoms with E-state index in [0.29, 0.717) is 25.8 Å². The molecule has 0 aromatic carbocycles. The van der Waals surface area contributed by atoms with Gasteiger partial charge in [-0.15, -0.1) is 0 Å². The molecule has 0 bridgehead atoms. The molecule has 10 heteroatoms. The van der Waals surface area contributed by atoms with Gasteiger partial charge in [-0.25, -0.2) is 22.1 Å². The molecule has 0 amide bonds. The predicted molar refractivity (Wildman–Crippen MR) is 148 cm³/mol. The van der Waals surface area contributed by atoms with Gasteiger partial charge in [-0.1, -0.05) is 46.0 Å². The van der Waals surface area contributed by atoms with Crippen LogP contribution in [0.5, 0.6) is 0 Å². The second kappa shape index (κ2) is 23.2. The second-order valence-corrected chi connectivity index (χ2v) is 9.84. The van der Waals surface area contributed by atoms with Gasteiger partial charge in [0.25, 0.3) is 0 Å². The van der Waals surface area contributed by atoms with Gasteiger partial charge in [-0.05, 0) is 71.6 Å². The molecule has 0 rings (SSSR count). The minimum atomic E-state index is -0.243. The lowest BCUT2D eigenvalue weighted by Gasteiger charge is -2.18. The summed E-state index contributed by atoms with van der Waals surface area (Å²) in [6.45, 7) is 9.67. The molecule has 0 fully saturated rings. The van der Waals surface area contributed by atoms with Gasteiger partial charge in [0.1, 0.15) is 0 Å². The van der Waals surface area contributed by atoms with Crippen LogP contribution in [0.2, 0.25) is 0 Å². The molecule has 0 radical (unpaired) electrons. The molecule has 0 aliphatic rings. The molecule has 0 heterocycles. The van der Waals surface area contributed by atoms with Gasteiger partial charge in [0.2, 0.25) is 0 Å². The number of unbranched alkanes of at least 4 members (excludes halogenated alkanes) is 5. The molecule has 206 valence electrons. The highest BCUT2D eigenvalue weighted by molar-refractivity contribution is 5.81. The fourth-order valence-corrected chi connectivity index (χ4v) is 4.04. The number of nitrogens with one attached hydrogen (secondary N) is 4. The van der Waals surface area contributed by atoms with Gasteiger partial charge in [0, 0.05) is 18.0 Å². The molecule has 0 spiro atoms. The third-order valence-corrected chi connectivity index (χ3v) is 6.82. The molecule has 10 nitrogen and oxygen atoms in total. The zero-order chi connectivity index (χ0) is 27.0. The van der Waals surface area contributed by atoms with Crippen LogP contribution in [0.4, 0.5) is 0 Å². The van der Waals surface area contributed by atoms with Crippen LogP contribution in [-0.4, -0.2) is 48.7 Å². The molecule has 0 aliphatic heterocycles. The Balaban J connectivity index is 4.21. The Hall–Kier alpha value is -2.26. The van der Waals surface area contributed by atoms with Crippen molar-refractivity contribution in [1.29, 1.82) is 22.1 Å². The Morgan fingerprint density at radius 1 is 0.528 bits per heavy atom. The maximum Gasteiger partial charge on any atom is 0.0921 e. The molecular formula is C26H52N10. The summed E-state index contributed by atoms with van der Waals surface area (Å²) in [7, 11) is 0. The predicted octanol–water partition coefficient (Wildman–Crippen LogP) is 9.01. The first-order chi connectivity index (χ1) is 17.4. The molecule has 4 N–H and O–H groups in total. The van der Waals surface area contributed by atoms with E-state index in [4.69, 9.17) is 22.1 Å². The molecule has 0 aromatic heterocycles. The highest BCUT2D eigenvalue weighted by atomic mass is 15.0. The van der Waals surface area contributed by atoms with Crippen LogP contribution in [0.15, 0.2) is 30.4 Å². The third-order valence-electron chi connectivity index (χ3n) is 6.82. The number of rotatable bonds is 25. The lowest BCUT2D eigenvalue weighted by molar-refractivity contribution is 0.402. The van der Waals surface area contributed by atoms with E-state index in [2.05, 4.69) is 44.3 Å². The average molecular weight is 505 g/mol. The fourth-order valence-electron chi connectivity index (χ4n) is 4.04.